The van der Waals surface area contributed by atoms with Gasteiger partial charge in [-0.1, -0.05) is 6.07 Å². The summed E-state index contributed by atoms with van der Waals surface area (Å²) in [6.07, 6.45) is -4.73. The molecule has 1 aliphatic heterocycles. The number of rotatable bonds is 0. The molecule has 7 heteroatoms. The molecule has 0 saturated carbocycles. The average Bonchev–Trinajstić information content (AvgIpc) is 2.22. The van der Waals surface area contributed by atoms with Gasteiger partial charge in [0.25, 0.3) is 5.92 Å². The Morgan fingerprint density at radius 3 is 2.53 bits per heavy atom. The summed E-state index contributed by atoms with van der Waals surface area (Å²) in [6.45, 7) is -0.646. The topological polar surface area (TPSA) is 35.2 Å². The lowest BCUT2D eigenvalue weighted by Gasteiger charge is -2.32. The quantitative estimate of drug-likeness (QED) is 0.721. The van der Waals surface area contributed by atoms with Gasteiger partial charge in [0.1, 0.15) is 18.4 Å². The molecule has 0 fully saturated rings. The van der Waals surface area contributed by atoms with E-state index in [2.05, 4.69) is 0 Å². The van der Waals surface area contributed by atoms with Gasteiger partial charge in [0.15, 0.2) is 0 Å². The minimum absolute atomic E-state index is 0.646. The number of fused-ring (bicyclic) bond motifs is 1. The van der Waals surface area contributed by atoms with Crippen molar-refractivity contribution in [3.05, 3.63) is 29.3 Å². The maximum Gasteiger partial charge on any atom is 0.419 e. The highest BCUT2D eigenvalue weighted by Crippen LogP contribution is 2.46. The molecule has 1 aliphatic rings. The van der Waals surface area contributed by atoms with Crippen LogP contribution < -0.4 is 10.5 Å². The first-order valence-corrected chi connectivity index (χ1v) is 4.71. The smallest absolute Gasteiger partial charge is 0.419 e. The van der Waals surface area contributed by atoms with Crippen LogP contribution in [0.15, 0.2) is 18.2 Å². The van der Waals surface area contributed by atoms with Crippen LogP contribution in [0.5, 0.6) is 5.75 Å². The molecule has 0 aromatic heterocycles. The monoisotopic (exact) mass is 253 g/mol. The van der Waals surface area contributed by atoms with Crippen LogP contribution in [0, 0.1) is 0 Å². The molecule has 1 aromatic carbocycles. The van der Waals surface area contributed by atoms with E-state index in [9.17, 15) is 22.0 Å². The van der Waals surface area contributed by atoms with Crippen molar-refractivity contribution in [3.8, 4) is 5.75 Å². The third-order valence-corrected chi connectivity index (χ3v) is 2.55. The molecule has 0 radical (unpaired) electrons. The summed E-state index contributed by atoms with van der Waals surface area (Å²) < 4.78 is 69.6. The second kappa shape index (κ2) is 3.56. The van der Waals surface area contributed by atoms with Crippen molar-refractivity contribution in [1.82, 2.24) is 0 Å². The summed E-state index contributed by atoms with van der Waals surface area (Å²) in [5.74, 6) is -4.35. The van der Waals surface area contributed by atoms with E-state index in [4.69, 9.17) is 10.5 Å². The van der Waals surface area contributed by atoms with E-state index in [1.54, 1.807) is 0 Å². The molecule has 0 amide bonds. The molecule has 2 N–H and O–H groups in total. The summed E-state index contributed by atoms with van der Waals surface area (Å²) in [6, 6.07) is 0.866. The van der Waals surface area contributed by atoms with Crippen LogP contribution >= 0.6 is 0 Å². The van der Waals surface area contributed by atoms with Gasteiger partial charge in [-0.15, -0.1) is 0 Å². The second-order valence-corrected chi connectivity index (χ2v) is 3.72. The summed E-state index contributed by atoms with van der Waals surface area (Å²) in [4.78, 5) is 0. The van der Waals surface area contributed by atoms with Gasteiger partial charge >= 0.3 is 6.18 Å². The van der Waals surface area contributed by atoms with Crippen LogP contribution in [-0.2, 0) is 12.1 Å². The molecule has 0 spiro atoms. The van der Waals surface area contributed by atoms with Crippen molar-refractivity contribution in [1.29, 1.82) is 0 Å². The van der Waals surface area contributed by atoms with Crippen molar-refractivity contribution < 1.29 is 26.7 Å². The number of ether oxygens (including phenoxy) is 1. The number of para-hydroxylation sites is 1. The molecule has 0 saturated heterocycles. The standard InChI is InChI=1S/C10H8F5NO/c11-9(12)5-2-1-3-6(10(13,14)15)8(5)17-4-7(9)16/h1-3,7H,4,16H2. The van der Waals surface area contributed by atoms with Gasteiger partial charge in [0, 0.05) is 0 Å². The van der Waals surface area contributed by atoms with Crippen molar-refractivity contribution >= 4 is 0 Å². The van der Waals surface area contributed by atoms with Crippen LogP contribution in [0.1, 0.15) is 11.1 Å². The minimum Gasteiger partial charge on any atom is -0.491 e. The Bertz CT molecular complexity index is 443. The Balaban J connectivity index is 2.62. The number of alkyl halides is 5. The van der Waals surface area contributed by atoms with E-state index >= 15 is 0 Å². The third kappa shape index (κ3) is 1.84. The fraction of sp³-hybridized carbons (Fsp3) is 0.400. The largest absolute Gasteiger partial charge is 0.491 e. The van der Waals surface area contributed by atoms with E-state index in [-0.39, 0.29) is 0 Å². The summed E-state index contributed by atoms with van der Waals surface area (Å²) in [5.41, 5.74) is 3.11. The lowest BCUT2D eigenvalue weighted by Crippen LogP contribution is -2.47. The number of hydrogen-bond acceptors (Lipinski definition) is 2. The number of halogens is 5. The van der Waals surface area contributed by atoms with Crippen LogP contribution in [0.25, 0.3) is 0 Å². The first-order chi connectivity index (χ1) is 7.74. The maximum absolute atomic E-state index is 13.6. The zero-order valence-corrected chi connectivity index (χ0v) is 8.39. The van der Waals surface area contributed by atoms with Gasteiger partial charge in [-0.2, -0.15) is 22.0 Å². The zero-order valence-electron chi connectivity index (χ0n) is 8.39. The van der Waals surface area contributed by atoms with Crippen LogP contribution in [-0.4, -0.2) is 12.6 Å². The van der Waals surface area contributed by atoms with E-state index in [0.717, 1.165) is 12.1 Å². The van der Waals surface area contributed by atoms with E-state index in [1.807, 2.05) is 0 Å². The molecule has 94 valence electrons. The summed E-state index contributed by atoms with van der Waals surface area (Å²) in [5, 5.41) is 0. The number of nitrogens with two attached hydrogens (primary N) is 1. The van der Waals surface area contributed by atoms with E-state index in [1.165, 1.54) is 0 Å². The normalized spacial score (nSPS) is 22.8. The molecule has 0 bridgehead atoms. The Labute approximate surface area is 93.2 Å². The lowest BCUT2D eigenvalue weighted by molar-refractivity contribution is -0.140. The average molecular weight is 253 g/mol. The molecule has 17 heavy (non-hydrogen) atoms. The summed E-state index contributed by atoms with van der Waals surface area (Å²) in [7, 11) is 0. The van der Waals surface area contributed by atoms with Gasteiger partial charge in [-0.3, -0.25) is 0 Å². The molecule has 1 aromatic rings. The van der Waals surface area contributed by atoms with Gasteiger partial charge in [-0.25, -0.2) is 0 Å². The fourth-order valence-corrected chi connectivity index (χ4v) is 1.66. The molecule has 2 nitrogen and oxygen atoms in total. The van der Waals surface area contributed by atoms with Crippen LogP contribution in [0.2, 0.25) is 0 Å². The molecule has 1 heterocycles. The molecule has 0 aliphatic carbocycles. The molecule has 1 unspecified atom stereocenters. The van der Waals surface area contributed by atoms with E-state index < -0.39 is 41.6 Å². The van der Waals surface area contributed by atoms with Crippen molar-refractivity contribution in [2.45, 2.75) is 18.1 Å². The zero-order chi connectivity index (χ0) is 12.8. The van der Waals surface area contributed by atoms with Gasteiger partial charge in [-0.05, 0) is 12.1 Å². The SMILES string of the molecule is NC1COc2c(C(F)(F)F)cccc2C1(F)F. The number of benzene rings is 1. The minimum atomic E-state index is -4.73. The highest BCUT2D eigenvalue weighted by Gasteiger charge is 2.48. The molecular weight excluding hydrogens is 245 g/mol. The van der Waals surface area contributed by atoms with Crippen molar-refractivity contribution in [2.24, 2.45) is 5.73 Å². The van der Waals surface area contributed by atoms with Crippen molar-refractivity contribution in [2.75, 3.05) is 6.61 Å². The predicted molar refractivity (Wildman–Crippen MR) is 48.8 cm³/mol. The first kappa shape index (κ1) is 12.1. The molecule has 2 rings (SSSR count). The van der Waals surface area contributed by atoms with Gasteiger partial charge in [0.2, 0.25) is 0 Å². The predicted octanol–water partition coefficient (Wildman–Crippen LogP) is 2.52. The fourth-order valence-electron chi connectivity index (χ4n) is 1.66. The Kier molecular flexibility index (Phi) is 2.53. The molecule has 1 atom stereocenters. The van der Waals surface area contributed by atoms with Gasteiger partial charge < -0.3 is 10.5 Å². The van der Waals surface area contributed by atoms with Gasteiger partial charge in [0.05, 0.1) is 11.1 Å². The lowest BCUT2D eigenvalue weighted by atomic mass is 9.96. The Morgan fingerprint density at radius 2 is 1.94 bits per heavy atom. The van der Waals surface area contributed by atoms with Crippen LogP contribution in [0.4, 0.5) is 22.0 Å². The Hall–Kier alpha value is -1.37. The highest BCUT2D eigenvalue weighted by molar-refractivity contribution is 5.47. The number of hydrogen-bond donors (Lipinski definition) is 1. The highest BCUT2D eigenvalue weighted by atomic mass is 19.4. The van der Waals surface area contributed by atoms with E-state index in [0.29, 0.717) is 6.07 Å². The Morgan fingerprint density at radius 1 is 1.29 bits per heavy atom. The molecular formula is C10H8F5NO. The van der Waals surface area contributed by atoms with Crippen molar-refractivity contribution in [3.63, 3.8) is 0 Å². The summed E-state index contributed by atoms with van der Waals surface area (Å²) >= 11 is 0. The third-order valence-electron chi connectivity index (χ3n) is 2.55. The maximum atomic E-state index is 13.6. The van der Waals surface area contributed by atoms with Crippen LogP contribution in [0.3, 0.4) is 0 Å². The second-order valence-electron chi connectivity index (χ2n) is 3.72. The first-order valence-electron chi connectivity index (χ1n) is 4.71.